The molecule has 1 atom stereocenters. The first-order valence-electron chi connectivity index (χ1n) is 10.2. The lowest BCUT2D eigenvalue weighted by Gasteiger charge is -2.16. The number of hydrogen-bond donors (Lipinski definition) is 2. The molecule has 1 amide bonds. The highest BCUT2D eigenvalue weighted by Crippen LogP contribution is 2.08. The zero-order chi connectivity index (χ0) is 19.2. The number of aryl methyl sites for hydroxylation is 1. The van der Waals surface area contributed by atoms with Crippen LogP contribution < -0.4 is 26.9 Å². The summed E-state index contributed by atoms with van der Waals surface area (Å²) in [5.41, 5.74) is 1.13. The van der Waals surface area contributed by atoms with Crippen LogP contribution in [0.4, 0.5) is 0 Å². The molecule has 154 valence electrons. The van der Waals surface area contributed by atoms with Gasteiger partial charge in [-0.05, 0) is 24.8 Å². The van der Waals surface area contributed by atoms with Crippen LogP contribution in [0.3, 0.4) is 0 Å². The highest BCUT2D eigenvalue weighted by molar-refractivity contribution is 5.76. The smallest absolute Gasteiger partial charge is 0.220 e. The minimum absolute atomic E-state index is 0. The van der Waals surface area contributed by atoms with Crippen LogP contribution >= 0.6 is 0 Å². The topological polar surface area (TPSA) is 53.2 Å². The molecule has 0 bridgehead atoms. The fourth-order valence-corrected chi connectivity index (χ4v) is 3.23. The molecule has 1 aromatic heterocycles. The molecule has 5 heteroatoms. The SMILES string of the molecule is O=C(CCCCCCCC[n+]1ccccc1)NC(CO)Cc1ccccc1.[Br-]. The van der Waals surface area contributed by atoms with Crippen LogP contribution in [0.5, 0.6) is 0 Å². The van der Waals surface area contributed by atoms with Gasteiger partial charge in [-0.1, -0.05) is 55.7 Å². The maximum atomic E-state index is 12.1. The number of nitrogens with one attached hydrogen (secondary N) is 1. The minimum atomic E-state index is -0.199. The molecule has 0 fully saturated rings. The van der Waals surface area contributed by atoms with E-state index < -0.39 is 0 Å². The van der Waals surface area contributed by atoms with E-state index >= 15 is 0 Å². The zero-order valence-corrected chi connectivity index (χ0v) is 18.2. The van der Waals surface area contributed by atoms with Crippen molar-refractivity contribution in [2.45, 2.75) is 64.0 Å². The van der Waals surface area contributed by atoms with Crippen LogP contribution in [0, 0.1) is 0 Å². The molecular formula is C23H33BrN2O2. The van der Waals surface area contributed by atoms with Gasteiger partial charge in [0, 0.05) is 25.0 Å². The number of amides is 1. The molecule has 2 rings (SSSR count). The molecule has 1 heterocycles. The van der Waals surface area contributed by atoms with Gasteiger partial charge in [-0.2, -0.15) is 0 Å². The lowest BCUT2D eigenvalue weighted by molar-refractivity contribution is -0.697. The lowest BCUT2D eigenvalue weighted by Crippen LogP contribution is -3.00. The number of aliphatic hydroxyl groups is 1. The summed E-state index contributed by atoms with van der Waals surface area (Å²) in [6, 6.07) is 15.9. The number of aliphatic hydroxyl groups excluding tert-OH is 1. The van der Waals surface area contributed by atoms with Gasteiger partial charge in [0.25, 0.3) is 0 Å². The van der Waals surface area contributed by atoms with E-state index in [-0.39, 0.29) is 35.5 Å². The summed E-state index contributed by atoms with van der Waals surface area (Å²) in [6.45, 7) is 1.05. The highest BCUT2D eigenvalue weighted by Gasteiger charge is 2.11. The quantitative estimate of drug-likeness (QED) is 0.344. The number of benzene rings is 1. The second-order valence-electron chi connectivity index (χ2n) is 7.12. The molecule has 0 aliphatic heterocycles. The van der Waals surface area contributed by atoms with E-state index in [1.807, 2.05) is 36.4 Å². The third kappa shape index (κ3) is 10.6. The average molecular weight is 449 g/mol. The van der Waals surface area contributed by atoms with Crippen molar-refractivity contribution in [2.24, 2.45) is 0 Å². The average Bonchev–Trinajstić information content (AvgIpc) is 2.71. The number of rotatable bonds is 13. The predicted molar refractivity (Wildman–Crippen MR) is 108 cm³/mol. The first-order chi connectivity index (χ1) is 13.3. The summed E-state index contributed by atoms with van der Waals surface area (Å²) < 4.78 is 2.22. The second kappa shape index (κ2) is 15.2. The van der Waals surface area contributed by atoms with Gasteiger partial charge in [-0.3, -0.25) is 4.79 Å². The number of hydrogen-bond acceptors (Lipinski definition) is 2. The van der Waals surface area contributed by atoms with Crippen LogP contribution in [-0.4, -0.2) is 23.7 Å². The van der Waals surface area contributed by atoms with Crippen LogP contribution in [0.15, 0.2) is 60.9 Å². The Kier molecular flexibility index (Phi) is 13.2. The first-order valence-corrected chi connectivity index (χ1v) is 10.2. The Morgan fingerprint density at radius 3 is 2.18 bits per heavy atom. The Morgan fingerprint density at radius 2 is 1.50 bits per heavy atom. The number of halogens is 1. The van der Waals surface area contributed by atoms with Gasteiger partial charge in [-0.15, -0.1) is 0 Å². The van der Waals surface area contributed by atoms with E-state index in [2.05, 4.69) is 34.4 Å². The standard InChI is InChI=1S/C23H32N2O2.BrH/c26-20-22(19-21-13-7-5-8-14-21)24-23(27)15-9-3-1-2-4-10-16-25-17-11-6-12-18-25;/h5-8,11-14,17-18,22,26H,1-4,9-10,15-16,19-20H2;1H. The number of carbonyl (C=O) groups excluding carboxylic acids is 1. The third-order valence-corrected chi connectivity index (χ3v) is 4.76. The molecule has 28 heavy (non-hydrogen) atoms. The van der Waals surface area contributed by atoms with E-state index in [0.717, 1.165) is 24.9 Å². The van der Waals surface area contributed by atoms with E-state index in [4.69, 9.17) is 0 Å². The fraction of sp³-hybridized carbons (Fsp3) is 0.478. The second-order valence-corrected chi connectivity index (χ2v) is 7.12. The number of nitrogens with zero attached hydrogens (tertiary/aromatic N) is 1. The molecule has 0 saturated carbocycles. The largest absolute Gasteiger partial charge is 1.00 e. The summed E-state index contributed by atoms with van der Waals surface area (Å²) in [5, 5.41) is 12.4. The highest BCUT2D eigenvalue weighted by atomic mass is 79.9. The summed E-state index contributed by atoms with van der Waals surface area (Å²) in [6.07, 6.45) is 12.3. The van der Waals surface area contributed by atoms with Crippen molar-refractivity contribution in [3.8, 4) is 0 Å². The molecule has 0 spiro atoms. The van der Waals surface area contributed by atoms with Crippen molar-refractivity contribution in [1.29, 1.82) is 0 Å². The van der Waals surface area contributed by atoms with Gasteiger partial charge in [0.1, 0.15) is 6.54 Å². The number of unbranched alkanes of at least 4 members (excludes halogenated alkanes) is 5. The van der Waals surface area contributed by atoms with Crippen molar-refractivity contribution in [2.75, 3.05) is 6.61 Å². The normalized spacial score (nSPS) is 11.5. The first kappa shape index (κ1) is 24.3. The molecule has 0 radical (unpaired) electrons. The molecule has 0 aliphatic carbocycles. The molecule has 1 unspecified atom stereocenters. The minimum Gasteiger partial charge on any atom is -1.00 e. The van der Waals surface area contributed by atoms with Crippen LogP contribution in [0.1, 0.15) is 50.5 Å². The Hall–Kier alpha value is -1.72. The molecule has 2 N–H and O–H groups in total. The van der Waals surface area contributed by atoms with E-state index in [0.29, 0.717) is 12.8 Å². The van der Waals surface area contributed by atoms with E-state index in [9.17, 15) is 9.90 Å². The monoisotopic (exact) mass is 448 g/mol. The maximum absolute atomic E-state index is 12.1. The number of carbonyl (C=O) groups is 1. The van der Waals surface area contributed by atoms with Crippen LogP contribution in [-0.2, 0) is 17.8 Å². The van der Waals surface area contributed by atoms with E-state index in [1.54, 1.807) is 0 Å². The van der Waals surface area contributed by atoms with Gasteiger partial charge in [-0.25, -0.2) is 4.57 Å². The molecule has 1 aromatic carbocycles. The number of aromatic nitrogens is 1. The van der Waals surface area contributed by atoms with Gasteiger partial charge >= 0.3 is 0 Å². The van der Waals surface area contributed by atoms with Gasteiger partial charge in [0.05, 0.1) is 12.6 Å². The Bertz CT molecular complexity index is 638. The van der Waals surface area contributed by atoms with E-state index in [1.165, 1.54) is 25.7 Å². The molecule has 0 saturated heterocycles. The summed E-state index contributed by atoms with van der Waals surface area (Å²) in [5.74, 6) is 0.0467. The van der Waals surface area contributed by atoms with Crippen molar-refractivity contribution in [3.63, 3.8) is 0 Å². The lowest BCUT2D eigenvalue weighted by atomic mass is 10.1. The van der Waals surface area contributed by atoms with Gasteiger partial charge in [0.2, 0.25) is 5.91 Å². The molecule has 2 aromatic rings. The van der Waals surface area contributed by atoms with Crippen molar-refractivity contribution < 1.29 is 31.4 Å². The predicted octanol–water partition coefficient (Wildman–Crippen LogP) is 0.429. The van der Waals surface area contributed by atoms with Gasteiger partial charge < -0.3 is 27.4 Å². The molecule has 0 aliphatic rings. The molecular weight excluding hydrogens is 416 g/mol. The zero-order valence-electron chi connectivity index (χ0n) is 16.6. The summed E-state index contributed by atoms with van der Waals surface area (Å²) >= 11 is 0. The van der Waals surface area contributed by atoms with Gasteiger partial charge in [0.15, 0.2) is 12.4 Å². The Labute approximate surface area is 179 Å². The summed E-state index contributed by atoms with van der Waals surface area (Å²) in [7, 11) is 0. The Balaban J connectivity index is 0.00000392. The number of pyridine rings is 1. The Morgan fingerprint density at radius 1 is 0.893 bits per heavy atom. The van der Waals surface area contributed by atoms with Crippen molar-refractivity contribution in [1.82, 2.24) is 5.32 Å². The molecule has 4 nitrogen and oxygen atoms in total. The maximum Gasteiger partial charge on any atom is 0.220 e. The van der Waals surface area contributed by atoms with Crippen molar-refractivity contribution >= 4 is 5.91 Å². The van der Waals surface area contributed by atoms with Crippen LogP contribution in [0.25, 0.3) is 0 Å². The van der Waals surface area contributed by atoms with Crippen LogP contribution in [0.2, 0.25) is 0 Å². The summed E-state index contributed by atoms with van der Waals surface area (Å²) in [4.78, 5) is 12.1. The fourth-order valence-electron chi connectivity index (χ4n) is 3.23. The third-order valence-electron chi connectivity index (χ3n) is 4.76. The van der Waals surface area contributed by atoms with Crippen molar-refractivity contribution in [3.05, 3.63) is 66.5 Å².